The minimum absolute atomic E-state index is 0.0949. The Hall–Kier alpha value is 0.140. The van der Waals surface area contributed by atoms with Crippen molar-refractivity contribution in [2.45, 2.75) is 48.9 Å². The number of carbonyl (C=O) groups is 1. The molecule has 0 aromatic heterocycles. The van der Waals surface area contributed by atoms with Gasteiger partial charge in [-0.25, -0.2) is 0 Å². The molecular weight excluding hydrogens is 287 g/mol. The molecule has 2 rings (SSSR count). The smallest absolute Gasteiger partial charge is 0.143 e. The van der Waals surface area contributed by atoms with Crippen LogP contribution in [0.15, 0.2) is 12.2 Å². The van der Waals surface area contributed by atoms with Crippen LogP contribution in [0.4, 0.5) is 0 Å². The van der Waals surface area contributed by atoms with Crippen LogP contribution in [0, 0.1) is 5.41 Å². The standard InChI is InChI=1S/C12H17IO/c1-9-10(13)5-2-3-7-12(9)8-4-6-11(12)14/h10H,1-8H2. The number of ketones is 1. The highest BCUT2D eigenvalue weighted by molar-refractivity contribution is 14.1. The second-order valence-electron chi connectivity index (χ2n) is 4.60. The predicted molar refractivity (Wildman–Crippen MR) is 66.7 cm³/mol. The van der Waals surface area contributed by atoms with Gasteiger partial charge < -0.3 is 0 Å². The molecule has 2 heteroatoms. The Morgan fingerprint density at radius 1 is 1.29 bits per heavy atom. The highest BCUT2D eigenvalue weighted by Gasteiger charge is 2.46. The van der Waals surface area contributed by atoms with Crippen LogP contribution in [-0.4, -0.2) is 9.71 Å². The fourth-order valence-corrected chi connectivity index (χ4v) is 3.95. The first kappa shape index (κ1) is 10.7. The summed E-state index contributed by atoms with van der Waals surface area (Å²) in [5, 5.41) is 0. The van der Waals surface area contributed by atoms with Crippen molar-refractivity contribution in [2.24, 2.45) is 5.41 Å². The summed E-state index contributed by atoms with van der Waals surface area (Å²) in [7, 11) is 0. The lowest BCUT2D eigenvalue weighted by atomic mass is 9.75. The normalized spacial score (nSPS) is 39.1. The zero-order chi connectivity index (χ0) is 10.2. The topological polar surface area (TPSA) is 17.1 Å². The van der Waals surface area contributed by atoms with Crippen LogP contribution in [0.1, 0.15) is 44.9 Å². The van der Waals surface area contributed by atoms with Crippen LogP contribution < -0.4 is 0 Å². The van der Waals surface area contributed by atoms with Crippen LogP contribution in [0.25, 0.3) is 0 Å². The third kappa shape index (κ3) is 1.55. The van der Waals surface area contributed by atoms with Crippen LogP contribution in [0.3, 0.4) is 0 Å². The van der Waals surface area contributed by atoms with E-state index in [1.54, 1.807) is 0 Å². The fraction of sp³-hybridized carbons (Fsp3) is 0.750. The molecule has 2 aliphatic rings. The van der Waals surface area contributed by atoms with E-state index in [1.807, 2.05) is 0 Å². The molecule has 2 fully saturated rings. The van der Waals surface area contributed by atoms with Gasteiger partial charge >= 0.3 is 0 Å². The molecular formula is C12H17IO. The van der Waals surface area contributed by atoms with E-state index in [4.69, 9.17) is 0 Å². The second kappa shape index (κ2) is 3.95. The molecule has 14 heavy (non-hydrogen) atoms. The van der Waals surface area contributed by atoms with Gasteiger partial charge in [0.2, 0.25) is 0 Å². The molecule has 0 aromatic rings. The summed E-state index contributed by atoms with van der Waals surface area (Å²) in [4.78, 5) is 12.0. The third-order valence-electron chi connectivity index (χ3n) is 3.85. The van der Waals surface area contributed by atoms with Gasteiger partial charge in [0.1, 0.15) is 5.78 Å². The SMILES string of the molecule is C=C1C(I)CCCCC12CCCC2=O. The maximum absolute atomic E-state index is 12.0. The zero-order valence-electron chi connectivity index (χ0n) is 8.52. The number of rotatable bonds is 0. The Labute approximate surface area is 99.5 Å². The van der Waals surface area contributed by atoms with E-state index in [1.165, 1.54) is 24.8 Å². The highest BCUT2D eigenvalue weighted by atomic mass is 127. The van der Waals surface area contributed by atoms with E-state index in [9.17, 15) is 4.79 Å². The van der Waals surface area contributed by atoms with Crippen LogP contribution in [-0.2, 0) is 4.79 Å². The average Bonchev–Trinajstić information content (AvgIpc) is 2.47. The first-order valence-electron chi connectivity index (χ1n) is 5.53. The molecule has 0 amide bonds. The second-order valence-corrected chi connectivity index (χ2v) is 6.10. The summed E-state index contributed by atoms with van der Waals surface area (Å²) in [5.74, 6) is 0.478. The van der Waals surface area contributed by atoms with Crippen molar-refractivity contribution >= 4 is 28.4 Å². The molecule has 0 aliphatic heterocycles. The van der Waals surface area contributed by atoms with Crippen molar-refractivity contribution in [3.63, 3.8) is 0 Å². The zero-order valence-corrected chi connectivity index (χ0v) is 10.7. The summed E-state index contributed by atoms with van der Waals surface area (Å²) in [6.45, 7) is 4.21. The maximum Gasteiger partial charge on any atom is 0.143 e. The van der Waals surface area contributed by atoms with Crippen molar-refractivity contribution in [1.82, 2.24) is 0 Å². The van der Waals surface area contributed by atoms with Crippen LogP contribution in [0.5, 0.6) is 0 Å². The number of hydrogen-bond acceptors (Lipinski definition) is 1. The molecule has 0 bridgehead atoms. The van der Waals surface area contributed by atoms with E-state index in [2.05, 4.69) is 29.2 Å². The number of allylic oxidation sites excluding steroid dienone is 1. The summed E-state index contributed by atoms with van der Waals surface area (Å²) < 4.78 is 0.525. The van der Waals surface area contributed by atoms with Gasteiger partial charge in [-0.15, -0.1) is 0 Å². The number of Topliss-reactive ketones (excluding diaryl/α,β-unsaturated/α-hetero) is 1. The fourth-order valence-electron chi connectivity index (χ4n) is 2.92. The Balaban J connectivity index is 2.30. The Kier molecular flexibility index (Phi) is 3.01. The van der Waals surface area contributed by atoms with Gasteiger partial charge in [0.05, 0.1) is 5.41 Å². The van der Waals surface area contributed by atoms with E-state index < -0.39 is 0 Å². The van der Waals surface area contributed by atoms with E-state index in [0.29, 0.717) is 9.71 Å². The van der Waals surface area contributed by atoms with Gasteiger partial charge in [0.15, 0.2) is 0 Å². The highest BCUT2D eigenvalue weighted by Crippen LogP contribution is 2.49. The summed E-state index contributed by atoms with van der Waals surface area (Å²) in [6.07, 6.45) is 7.72. The van der Waals surface area contributed by atoms with Gasteiger partial charge in [-0.05, 0) is 25.7 Å². The Bertz CT molecular complexity index is 271. The first-order chi connectivity index (χ1) is 6.67. The third-order valence-corrected chi connectivity index (χ3v) is 5.22. The monoisotopic (exact) mass is 304 g/mol. The first-order valence-corrected chi connectivity index (χ1v) is 6.78. The molecule has 0 saturated heterocycles. The molecule has 1 nitrogen and oxygen atoms in total. The maximum atomic E-state index is 12.0. The molecule has 0 heterocycles. The number of carbonyl (C=O) groups excluding carboxylic acids is 1. The number of hydrogen-bond donors (Lipinski definition) is 0. The van der Waals surface area contributed by atoms with Crippen molar-refractivity contribution < 1.29 is 4.79 Å². The summed E-state index contributed by atoms with van der Waals surface area (Å²) in [5.41, 5.74) is 1.14. The van der Waals surface area contributed by atoms with E-state index in [-0.39, 0.29) is 5.41 Å². The quantitative estimate of drug-likeness (QED) is 0.379. The molecule has 1 spiro atoms. The minimum Gasteiger partial charge on any atom is -0.299 e. The van der Waals surface area contributed by atoms with E-state index in [0.717, 1.165) is 25.7 Å². The van der Waals surface area contributed by atoms with Crippen molar-refractivity contribution in [3.05, 3.63) is 12.2 Å². The average molecular weight is 304 g/mol. The summed E-state index contributed by atoms with van der Waals surface area (Å²) >= 11 is 2.47. The van der Waals surface area contributed by atoms with Gasteiger partial charge in [0, 0.05) is 10.3 Å². The lowest BCUT2D eigenvalue weighted by Crippen LogP contribution is -2.30. The lowest BCUT2D eigenvalue weighted by molar-refractivity contribution is -0.124. The van der Waals surface area contributed by atoms with Crippen LogP contribution in [0.2, 0.25) is 0 Å². The van der Waals surface area contributed by atoms with Crippen molar-refractivity contribution in [1.29, 1.82) is 0 Å². The molecule has 2 unspecified atom stereocenters. The van der Waals surface area contributed by atoms with E-state index >= 15 is 0 Å². The lowest BCUT2D eigenvalue weighted by Gasteiger charge is -2.30. The van der Waals surface area contributed by atoms with Gasteiger partial charge in [0.25, 0.3) is 0 Å². The molecule has 2 aliphatic carbocycles. The largest absolute Gasteiger partial charge is 0.299 e. The molecule has 2 saturated carbocycles. The number of alkyl halides is 1. The van der Waals surface area contributed by atoms with Crippen LogP contribution >= 0.6 is 22.6 Å². The molecule has 0 aromatic carbocycles. The van der Waals surface area contributed by atoms with Gasteiger partial charge in [-0.3, -0.25) is 4.79 Å². The Morgan fingerprint density at radius 2 is 2.00 bits per heavy atom. The van der Waals surface area contributed by atoms with Gasteiger partial charge in [-0.1, -0.05) is 47.6 Å². The number of halogens is 1. The predicted octanol–water partition coefficient (Wildman–Crippen LogP) is 3.66. The van der Waals surface area contributed by atoms with Gasteiger partial charge in [-0.2, -0.15) is 0 Å². The Morgan fingerprint density at radius 3 is 2.64 bits per heavy atom. The van der Waals surface area contributed by atoms with Crippen molar-refractivity contribution in [2.75, 3.05) is 0 Å². The minimum atomic E-state index is -0.0949. The molecule has 0 N–H and O–H groups in total. The summed E-state index contributed by atoms with van der Waals surface area (Å²) in [6, 6.07) is 0. The van der Waals surface area contributed by atoms with Crippen molar-refractivity contribution in [3.8, 4) is 0 Å². The molecule has 0 radical (unpaired) electrons. The molecule has 2 atom stereocenters. The molecule has 78 valence electrons.